The van der Waals surface area contributed by atoms with Gasteiger partial charge in [0.25, 0.3) is 0 Å². The van der Waals surface area contributed by atoms with E-state index in [1.165, 1.54) is 0 Å². The number of hydrogen-bond acceptors (Lipinski definition) is 8. The molecule has 8 nitrogen and oxygen atoms in total. The van der Waals surface area contributed by atoms with Crippen molar-refractivity contribution in [3.05, 3.63) is 45.4 Å². The van der Waals surface area contributed by atoms with Crippen LogP contribution in [0.5, 0.6) is 0 Å². The molecule has 2 unspecified atom stereocenters. The summed E-state index contributed by atoms with van der Waals surface area (Å²) in [7, 11) is 0. The molecule has 44 heavy (non-hydrogen) atoms. The van der Waals surface area contributed by atoms with Crippen LogP contribution in [0.3, 0.4) is 0 Å². The number of nitrogens with zero attached hydrogens (tertiary/aromatic N) is 1. The lowest BCUT2D eigenvalue weighted by atomic mass is 9.34. The monoisotopic (exact) mass is 603 g/mol. The van der Waals surface area contributed by atoms with Crippen LogP contribution in [-0.2, 0) is 25.7 Å². The van der Waals surface area contributed by atoms with Crippen molar-refractivity contribution in [3.63, 3.8) is 0 Å². The van der Waals surface area contributed by atoms with Gasteiger partial charge >= 0.3 is 11.8 Å². The first kappa shape index (κ1) is 30.8. The molecule has 0 spiro atoms. The number of rotatable bonds is 3. The van der Waals surface area contributed by atoms with E-state index >= 15 is 0 Å². The number of allylic oxidation sites excluding steroid dienone is 4. The standard InChI is InChI=1S/C36H45NO7/c1-20-24(44-30(41)43-20)19-42-29(40)36-13-11-31(2,3)17-22(36)27-23(38)15-26-33(6)16-21(18-37)28(39)32(4,5)25(33)9-10-34(26,7)35(27,8)12-14-36/h15-16,22,25,27H,9-14,17,19H2,1-8H3/t22?,25-,27?,33-,34+,35+,36-/m0/s1. The number of Topliss-reactive ketones (excluding diaryl/α,β-unsaturated/α-hetero) is 1. The molecule has 6 rings (SSSR count). The summed E-state index contributed by atoms with van der Waals surface area (Å²) in [5, 5.41) is 9.94. The largest absolute Gasteiger partial charge is 0.519 e. The van der Waals surface area contributed by atoms with E-state index in [1.54, 1.807) is 6.92 Å². The zero-order valence-corrected chi connectivity index (χ0v) is 27.3. The zero-order chi connectivity index (χ0) is 32.3. The van der Waals surface area contributed by atoms with Crippen molar-refractivity contribution in [2.75, 3.05) is 0 Å². The molecule has 1 aromatic heterocycles. The lowest BCUT2D eigenvalue weighted by Crippen LogP contribution is -2.65. The maximum atomic E-state index is 14.6. The molecular weight excluding hydrogens is 558 g/mol. The fourth-order valence-electron chi connectivity index (χ4n) is 10.8. The van der Waals surface area contributed by atoms with Crippen LogP contribution >= 0.6 is 0 Å². The van der Waals surface area contributed by atoms with Crippen LogP contribution in [0.15, 0.2) is 36.9 Å². The molecule has 3 fully saturated rings. The van der Waals surface area contributed by atoms with Gasteiger partial charge in [-0.25, -0.2) is 4.79 Å². The van der Waals surface area contributed by atoms with E-state index in [0.717, 1.165) is 31.3 Å². The summed E-state index contributed by atoms with van der Waals surface area (Å²) >= 11 is 0. The van der Waals surface area contributed by atoms with Crippen molar-refractivity contribution in [1.82, 2.24) is 0 Å². The van der Waals surface area contributed by atoms with E-state index in [9.17, 15) is 24.4 Å². The highest BCUT2D eigenvalue weighted by molar-refractivity contribution is 6.04. The Balaban J connectivity index is 1.44. The van der Waals surface area contributed by atoms with E-state index < -0.39 is 27.5 Å². The smallest absolute Gasteiger partial charge is 0.457 e. The van der Waals surface area contributed by atoms with E-state index in [4.69, 9.17) is 13.6 Å². The molecule has 236 valence electrons. The number of esters is 1. The summed E-state index contributed by atoms with van der Waals surface area (Å²) in [5.41, 5.74) is -1.76. The van der Waals surface area contributed by atoms with Crippen molar-refractivity contribution in [1.29, 1.82) is 5.26 Å². The molecule has 3 saturated carbocycles. The Morgan fingerprint density at radius 2 is 1.68 bits per heavy atom. The van der Waals surface area contributed by atoms with Gasteiger partial charge in [0.15, 0.2) is 29.7 Å². The van der Waals surface area contributed by atoms with E-state index in [1.807, 2.05) is 26.0 Å². The van der Waals surface area contributed by atoms with Crippen LogP contribution in [0.2, 0.25) is 0 Å². The first-order valence-corrected chi connectivity index (χ1v) is 16.1. The van der Waals surface area contributed by atoms with Crippen molar-refractivity contribution >= 4 is 17.5 Å². The van der Waals surface area contributed by atoms with Crippen LogP contribution in [0, 0.1) is 68.5 Å². The Kier molecular flexibility index (Phi) is 6.58. The topological polar surface area (TPSA) is 128 Å². The minimum absolute atomic E-state index is 0.0235. The number of carbonyl (C=O) groups is 3. The van der Waals surface area contributed by atoms with Crippen LogP contribution in [0.1, 0.15) is 105 Å². The number of ketones is 2. The second-order valence-corrected chi connectivity index (χ2v) is 16.4. The first-order chi connectivity index (χ1) is 20.4. The zero-order valence-electron chi connectivity index (χ0n) is 27.3. The number of ether oxygens (including phenoxy) is 1. The molecule has 0 bridgehead atoms. The number of hydrogen-bond donors (Lipinski definition) is 0. The summed E-state index contributed by atoms with van der Waals surface area (Å²) in [4.78, 5) is 53.7. The molecule has 0 aliphatic heterocycles. The third-order valence-electron chi connectivity index (χ3n) is 13.4. The summed E-state index contributed by atoms with van der Waals surface area (Å²) in [6.07, 6.45) is 8.85. The van der Waals surface area contributed by atoms with Crippen LogP contribution in [0.4, 0.5) is 0 Å². The van der Waals surface area contributed by atoms with Crippen LogP contribution < -0.4 is 5.82 Å². The highest BCUT2D eigenvalue weighted by Gasteiger charge is 2.71. The summed E-state index contributed by atoms with van der Waals surface area (Å²) in [6.45, 7) is 16.4. The molecular formula is C36H45NO7. The van der Waals surface area contributed by atoms with Crippen LogP contribution in [0.25, 0.3) is 0 Å². The normalized spacial score (nSPS) is 40.3. The van der Waals surface area contributed by atoms with Crippen LogP contribution in [-0.4, -0.2) is 17.5 Å². The van der Waals surface area contributed by atoms with E-state index in [2.05, 4.69) is 40.7 Å². The minimum Gasteiger partial charge on any atom is -0.457 e. The van der Waals surface area contributed by atoms with Crippen molar-refractivity contribution in [2.24, 2.45) is 50.2 Å². The molecule has 1 heterocycles. The van der Waals surface area contributed by atoms with Gasteiger partial charge in [-0.1, -0.05) is 60.1 Å². The van der Waals surface area contributed by atoms with Gasteiger partial charge in [0.1, 0.15) is 6.07 Å². The number of fused-ring (bicyclic) bond motifs is 7. The Hall–Kier alpha value is -3.21. The SMILES string of the molecule is Cc1oc(=O)oc1COC(=O)[C@]12CCC(C)(C)CC1C1C(=O)C=C3[C@@]4(C)C=C(C#N)C(=O)C(C)(C)[C@@H]4CC[C@@]3(C)[C@]1(C)CC2. The second kappa shape index (κ2) is 9.40. The Morgan fingerprint density at radius 1 is 1.00 bits per heavy atom. The number of nitriles is 1. The fourth-order valence-corrected chi connectivity index (χ4v) is 10.8. The maximum Gasteiger partial charge on any atom is 0.519 e. The second-order valence-electron chi connectivity index (χ2n) is 16.4. The highest BCUT2D eigenvalue weighted by Crippen LogP contribution is 2.74. The fraction of sp³-hybridized carbons (Fsp3) is 0.694. The summed E-state index contributed by atoms with van der Waals surface area (Å²) in [5.74, 6) is -1.35. The minimum atomic E-state index is -0.827. The van der Waals surface area contributed by atoms with Gasteiger partial charge in [-0.15, -0.1) is 0 Å². The molecule has 7 atom stereocenters. The molecule has 5 aliphatic rings. The molecule has 0 N–H and O–H groups in total. The third-order valence-corrected chi connectivity index (χ3v) is 13.4. The Bertz CT molecular complexity index is 1630. The van der Waals surface area contributed by atoms with Gasteiger partial charge in [0.2, 0.25) is 0 Å². The predicted octanol–water partition coefficient (Wildman–Crippen LogP) is 6.80. The van der Waals surface area contributed by atoms with Crippen molar-refractivity contribution in [2.45, 2.75) is 107 Å². The maximum absolute atomic E-state index is 14.6. The Labute approximate surface area is 259 Å². The number of aryl methyl sites for hydroxylation is 1. The number of carbonyl (C=O) groups excluding carboxylic acids is 3. The molecule has 5 aliphatic carbocycles. The van der Waals surface area contributed by atoms with Gasteiger partial charge in [-0.2, -0.15) is 5.26 Å². The summed E-state index contributed by atoms with van der Waals surface area (Å²) < 4.78 is 15.9. The average Bonchev–Trinajstić information content (AvgIpc) is 3.26. The van der Waals surface area contributed by atoms with E-state index in [-0.39, 0.29) is 69.8 Å². The van der Waals surface area contributed by atoms with Gasteiger partial charge in [0.05, 0.1) is 11.0 Å². The first-order valence-electron chi connectivity index (χ1n) is 16.1. The lowest BCUT2D eigenvalue weighted by Gasteiger charge is -2.68. The van der Waals surface area contributed by atoms with Crippen molar-refractivity contribution < 1.29 is 28.0 Å². The molecule has 0 aromatic carbocycles. The van der Waals surface area contributed by atoms with Gasteiger partial charge in [-0.05, 0) is 86.0 Å². The van der Waals surface area contributed by atoms with Crippen molar-refractivity contribution in [3.8, 4) is 6.07 Å². The van der Waals surface area contributed by atoms with E-state index in [0.29, 0.717) is 19.3 Å². The molecule has 0 saturated heterocycles. The van der Waals surface area contributed by atoms with Gasteiger partial charge in [0, 0.05) is 16.7 Å². The highest BCUT2D eigenvalue weighted by atomic mass is 16.6. The quantitative estimate of drug-likeness (QED) is 0.345. The molecule has 1 aromatic rings. The van der Waals surface area contributed by atoms with Gasteiger partial charge < -0.3 is 13.6 Å². The average molecular weight is 604 g/mol. The Morgan fingerprint density at radius 3 is 2.32 bits per heavy atom. The molecule has 0 radical (unpaired) electrons. The third kappa shape index (κ3) is 3.93. The molecule has 8 heteroatoms. The molecule has 0 amide bonds. The van der Waals surface area contributed by atoms with Gasteiger partial charge in [-0.3, -0.25) is 14.4 Å². The predicted molar refractivity (Wildman–Crippen MR) is 161 cm³/mol. The lowest BCUT2D eigenvalue weighted by molar-refractivity contribution is -0.194. The summed E-state index contributed by atoms with van der Waals surface area (Å²) in [6, 6.07) is 2.16.